The Morgan fingerprint density at radius 2 is 1.87 bits per heavy atom. The standard InChI is InChI=1S/C31H33N3O4S/c1-21-8-4-7-11-30(21)39-34(36)19-22-12-13-23(29(16-22)37-3)17-24-20-33(2)28-15-14-25(18-27(24)28)32-31(35)38-26-9-5-6-10-26/h4,7-8,11-16,18,20,26H,5-6,9-10,17,19H2,1-3H3/p+1. The molecule has 7 nitrogen and oxygen atoms in total. The van der Waals surface area contributed by atoms with Crippen LogP contribution in [-0.4, -0.2) is 28.0 Å². The van der Waals surface area contributed by atoms with Crippen molar-refractivity contribution in [2.24, 2.45) is 7.05 Å². The molecule has 0 spiro atoms. The minimum absolute atomic E-state index is 0.0196. The fraction of sp³-hybridized carbons (Fsp3) is 0.323. The molecule has 1 amide bonds. The molecule has 0 bridgehead atoms. The van der Waals surface area contributed by atoms with E-state index in [1.807, 2.05) is 74.6 Å². The van der Waals surface area contributed by atoms with Crippen LogP contribution in [0.15, 0.2) is 71.8 Å². The first-order valence-electron chi connectivity index (χ1n) is 13.3. The van der Waals surface area contributed by atoms with Gasteiger partial charge in [0.15, 0.2) is 0 Å². The second-order valence-corrected chi connectivity index (χ2v) is 11.1. The Kier molecular flexibility index (Phi) is 8.21. The van der Waals surface area contributed by atoms with Gasteiger partial charge in [-0.3, -0.25) is 5.32 Å². The lowest BCUT2D eigenvalue weighted by Gasteiger charge is -2.12. The van der Waals surface area contributed by atoms with E-state index < -0.39 is 6.09 Å². The molecule has 1 fully saturated rings. The fourth-order valence-electron chi connectivity index (χ4n) is 5.19. The molecule has 0 unspecified atom stereocenters. The number of anilines is 1. The van der Waals surface area contributed by atoms with E-state index in [9.17, 15) is 9.70 Å². The molecule has 1 aliphatic carbocycles. The number of rotatable bonds is 9. The number of hydrogen-bond donors (Lipinski definition) is 1. The first-order valence-corrected chi connectivity index (χ1v) is 14.1. The number of benzene rings is 3. The monoisotopic (exact) mass is 544 g/mol. The molecule has 0 radical (unpaired) electrons. The lowest BCUT2D eigenvalue weighted by Crippen LogP contribution is -2.20. The average Bonchev–Trinajstić information content (AvgIpc) is 3.53. The van der Waals surface area contributed by atoms with Gasteiger partial charge < -0.3 is 14.0 Å². The zero-order valence-corrected chi connectivity index (χ0v) is 23.4. The summed E-state index contributed by atoms with van der Waals surface area (Å²) in [6.45, 7) is 2.25. The third-order valence-electron chi connectivity index (χ3n) is 7.23. The van der Waals surface area contributed by atoms with Crippen molar-refractivity contribution >= 4 is 34.6 Å². The van der Waals surface area contributed by atoms with Crippen LogP contribution in [-0.2, 0) is 24.8 Å². The van der Waals surface area contributed by atoms with Crippen LogP contribution in [0, 0.1) is 11.8 Å². The SMILES string of the molecule is COc1cc(C[N+](=O)Sc2ccccc2C)ccc1Cc1cn(C)c2ccc(NC(=O)OC3CCCC3)cc12. The molecule has 0 saturated heterocycles. The van der Waals surface area contributed by atoms with Crippen molar-refractivity contribution in [3.8, 4) is 5.75 Å². The molecule has 4 aromatic rings. The van der Waals surface area contributed by atoms with Crippen molar-refractivity contribution in [1.29, 1.82) is 0 Å². The number of fused-ring (bicyclic) bond motifs is 1. The maximum Gasteiger partial charge on any atom is 0.411 e. The lowest BCUT2D eigenvalue weighted by atomic mass is 10.0. The highest BCUT2D eigenvalue weighted by Gasteiger charge is 2.20. The summed E-state index contributed by atoms with van der Waals surface area (Å²) in [5, 5.41) is 3.96. The molecule has 202 valence electrons. The van der Waals surface area contributed by atoms with E-state index in [4.69, 9.17) is 9.47 Å². The number of hydrogen-bond acceptors (Lipinski definition) is 5. The van der Waals surface area contributed by atoms with Gasteiger partial charge in [0, 0.05) is 46.7 Å². The highest BCUT2D eigenvalue weighted by Crippen LogP contribution is 2.31. The minimum atomic E-state index is -0.399. The van der Waals surface area contributed by atoms with Crippen molar-refractivity contribution in [2.75, 3.05) is 12.4 Å². The molecule has 3 aromatic carbocycles. The third-order valence-corrected chi connectivity index (χ3v) is 8.22. The maximum atomic E-state index is 12.7. The molecule has 1 saturated carbocycles. The van der Waals surface area contributed by atoms with Crippen LogP contribution >= 0.6 is 11.9 Å². The number of carbonyl (C=O) groups is 1. The van der Waals surface area contributed by atoms with Crippen LogP contribution in [0.4, 0.5) is 10.5 Å². The average molecular weight is 545 g/mol. The molecule has 0 aliphatic heterocycles. The number of carbonyl (C=O) groups excluding carboxylic acids is 1. The van der Waals surface area contributed by atoms with Gasteiger partial charge in [-0.2, -0.15) is 0 Å². The summed E-state index contributed by atoms with van der Waals surface area (Å²) in [6, 6.07) is 19.7. The van der Waals surface area contributed by atoms with Crippen molar-refractivity contribution < 1.29 is 18.4 Å². The van der Waals surface area contributed by atoms with Gasteiger partial charge in [-0.25, -0.2) is 4.79 Å². The summed E-state index contributed by atoms with van der Waals surface area (Å²) in [5.41, 5.74) is 5.89. The quantitative estimate of drug-likeness (QED) is 0.174. The molecule has 1 N–H and O–H groups in total. The van der Waals surface area contributed by atoms with Crippen LogP contribution < -0.4 is 10.1 Å². The van der Waals surface area contributed by atoms with E-state index in [2.05, 4.69) is 16.1 Å². The highest BCUT2D eigenvalue weighted by atomic mass is 32.2. The summed E-state index contributed by atoms with van der Waals surface area (Å²) in [7, 11) is 3.67. The Bertz CT molecular complexity index is 1510. The molecule has 39 heavy (non-hydrogen) atoms. The predicted molar refractivity (Wildman–Crippen MR) is 155 cm³/mol. The summed E-state index contributed by atoms with van der Waals surface area (Å²) < 4.78 is 14.4. The largest absolute Gasteiger partial charge is 0.496 e. The molecular formula is C31H34N3O4S+. The second kappa shape index (κ2) is 11.9. The van der Waals surface area contributed by atoms with E-state index in [-0.39, 0.29) is 12.6 Å². The number of nitroso groups, excluding NO2 is 1. The Hall–Kier alpha value is -3.78. The number of methoxy groups -OCH3 is 1. The minimum Gasteiger partial charge on any atom is -0.496 e. The summed E-state index contributed by atoms with van der Waals surface area (Å²) in [5.74, 6) is 0.744. The van der Waals surface area contributed by atoms with Crippen LogP contribution in [0.1, 0.15) is 47.9 Å². The maximum absolute atomic E-state index is 12.7. The number of amides is 1. The number of aryl methyl sites for hydroxylation is 2. The fourth-order valence-corrected chi connectivity index (χ4v) is 5.97. The van der Waals surface area contributed by atoms with Gasteiger partial charge in [-0.05, 0) is 79.6 Å². The van der Waals surface area contributed by atoms with Gasteiger partial charge in [0.2, 0.25) is 6.54 Å². The van der Waals surface area contributed by atoms with Crippen molar-refractivity contribution in [1.82, 2.24) is 4.57 Å². The Morgan fingerprint density at radius 3 is 2.64 bits per heavy atom. The normalized spacial score (nSPS) is 13.5. The van der Waals surface area contributed by atoms with E-state index >= 15 is 0 Å². The smallest absolute Gasteiger partial charge is 0.411 e. The Morgan fingerprint density at radius 1 is 1.08 bits per heavy atom. The van der Waals surface area contributed by atoms with Crippen molar-refractivity contribution in [2.45, 2.75) is 56.6 Å². The van der Waals surface area contributed by atoms with Crippen LogP contribution in [0.5, 0.6) is 5.75 Å². The molecule has 5 rings (SSSR count). The zero-order valence-electron chi connectivity index (χ0n) is 22.6. The van der Waals surface area contributed by atoms with Gasteiger partial charge >= 0.3 is 6.09 Å². The van der Waals surface area contributed by atoms with E-state index in [0.717, 1.165) is 73.7 Å². The molecule has 1 heterocycles. The third kappa shape index (κ3) is 6.45. The predicted octanol–water partition coefficient (Wildman–Crippen LogP) is 7.56. The van der Waals surface area contributed by atoms with E-state index in [1.165, 1.54) is 11.9 Å². The molecule has 1 aliphatic rings. The Labute approximate surface area is 233 Å². The summed E-state index contributed by atoms with van der Waals surface area (Å²) >= 11 is 1.20. The van der Waals surface area contributed by atoms with Crippen molar-refractivity contribution in [3.63, 3.8) is 0 Å². The van der Waals surface area contributed by atoms with Crippen LogP contribution in [0.3, 0.4) is 0 Å². The second-order valence-electron chi connectivity index (χ2n) is 10.1. The molecule has 1 aromatic heterocycles. The molecule has 0 atom stereocenters. The van der Waals surface area contributed by atoms with E-state index in [1.54, 1.807) is 7.11 Å². The molecule has 8 heteroatoms. The lowest BCUT2D eigenvalue weighted by molar-refractivity contribution is -0.389. The first kappa shape index (κ1) is 26.8. The van der Waals surface area contributed by atoms with Crippen LogP contribution in [0.25, 0.3) is 10.9 Å². The van der Waals surface area contributed by atoms with Crippen LogP contribution in [0.2, 0.25) is 0 Å². The molecular weight excluding hydrogens is 510 g/mol. The van der Waals surface area contributed by atoms with Gasteiger partial charge in [0.05, 0.1) is 16.2 Å². The van der Waals surface area contributed by atoms with Gasteiger partial charge in [-0.15, -0.1) is 0 Å². The van der Waals surface area contributed by atoms with E-state index in [0.29, 0.717) is 12.1 Å². The zero-order chi connectivity index (χ0) is 27.4. The van der Waals surface area contributed by atoms with Crippen molar-refractivity contribution in [3.05, 3.63) is 94.0 Å². The Balaban J connectivity index is 1.31. The first-order chi connectivity index (χ1) is 18.9. The number of ether oxygens (including phenoxy) is 2. The highest BCUT2D eigenvalue weighted by molar-refractivity contribution is 7.93. The topological polar surface area (TPSA) is 72.6 Å². The summed E-state index contributed by atoms with van der Waals surface area (Å²) in [4.78, 5) is 26.0. The number of aromatic nitrogens is 1. The number of nitrogens with one attached hydrogen (secondary N) is 1. The number of nitrogens with zero attached hydrogens (tertiary/aromatic N) is 2. The van der Waals surface area contributed by atoms with Gasteiger partial charge in [0.25, 0.3) is 11.9 Å². The van der Waals surface area contributed by atoms with Gasteiger partial charge in [-0.1, -0.05) is 30.3 Å². The summed E-state index contributed by atoms with van der Waals surface area (Å²) in [6.07, 6.45) is 6.48. The van der Waals surface area contributed by atoms with Gasteiger partial charge in [0.1, 0.15) is 11.9 Å².